The quantitative estimate of drug-likeness (QED) is 0.363. The lowest BCUT2D eigenvalue weighted by Crippen LogP contribution is -2.47. The maximum atomic E-state index is 13.2. The number of aromatic nitrogens is 2. The van der Waals surface area contributed by atoms with E-state index in [1.807, 2.05) is 49.4 Å². The first-order valence-corrected chi connectivity index (χ1v) is 12.4. The molecule has 3 rings (SSSR count). The molecular weight excluding hydrogens is 456 g/mol. The summed E-state index contributed by atoms with van der Waals surface area (Å²) in [5, 5.41) is 15.8. The predicted molar refractivity (Wildman–Crippen MR) is 134 cm³/mol. The Morgan fingerprint density at radius 2 is 1.73 bits per heavy atom. The summed E-state index contributed by atoms with van der Waals surface area (Å²) in [5.74, 6) is -0.494. The summed E-state index contributed by atoms with van der Waals surface area (Å²) >= 11 is 7.23. The number of nitrogens with zero attached hydrogens (tertiary/aromatic N) is 2. The predicted octanol–water partition coefficient (Wildman–Crippen LogP) is 5.74. The Kier molecular flexibility index (Phi) is 9.39. The van der Waals surface area contributed by atoms with Crippen molar-refractivity contribution in [3.8, 4) is 10.6 Å². The fourth-order valence-corrected chi connectivity index (χ4v) is 4.37. The van der Waals surface area contributed by atoms with Gasteiger partial charge in [0.2, 0.25) is 16.9 Å². The highest BCUT2D eigenvalue weighted by molar-refractivity contribution is 7.18. The van der Waals surface area contributed by atoms with Crippen LogP contribution in [0.5, 0.6) is 0 Å². The Hall–Kier alpha value is -2.77. The molecule has 33 heavy (non-hydrogen) atoms. The minimum Gasteiger partial charge on any atom is -0.344 e. The molecule has 2 N–H and O–H groups in total. The van der Waals surface area contributed by atoms with Gasteiger partial charge in [0.1, 0.15) is 11.0 Å². The summed E-state index contributed by atoms with van der Waals surface area (Å²) in [6.45, 7) is 4.11. The van der Waals surface area contributed by atoms with Gasteiger partial charge in [-0.05, 0) is 30.5 Å². The third-order valence-electron chi connectivity index (χ3n) is 5.43. The molecule has 2 aromatic carbocycles. The summed E-state index contributed by atoms with van der Waals surface area (Å²) in [6.07, 6.45) is 3.97. The molecule has 0 unspecified atom stereocenters. The number of carbonyl (C=O) groups is 2. The Morgan fingerprint density at radius 3 is 2.39 bits per heavy atom. The fourth-order valence-electron chi connectivity index (χ4n) is 3.50. The zero-order valence-corrected chi connectivity index (χ0v) is 20.5. The molecule has 0 spiro atoms. The van der Waals surface area contributed by atoms with E-state index in [2.05, 4.69) is 27.8 Å². The van der Waals surface area contributed by atoms with E-state index < -0.39 is 6.04 Å². The summed E-state index contributed by atoms with van der Waals surface area (Å²) in [6, 6.07) is 16.2. The van der Waals surface area contributed by atoms with Crippen molar-refractivity contribution < 1.29 is 9.59 Å². The largest absolute Gasteiger partial charge is 0.344 e. The lowest BCUT2D eigenvalue weighted by molar-refractivity contribution is -0.129. The highest BCUT2D eigenvalue weighted by atomic mass is 35.5. The molecule has 2 atom stereocenters. The van der Waals surface area contributed by atoms with Gasteiger partial charge in [-0.2, -0.15) is 0 Å². The van der Waals surface area contributed by atoms with Gasteiger partial charge in [0.05, 0.1) is 0 Å². The van der Waals surface area contributed by atoms with E-state index in [-0.39, 0.29) is 17.7 Å². The van der Waals surface area contributed by atoms with Crippen molar-refractivity contribution in [1.29, 1.82) is 0 Å². The second-order valence-electron chi connectivity index (χ2n) is 7.91. The van der Waals surface area contributed by atoms with Crippen molar-refractivity contribution >= 4 is 39.9 Å². The summed E-state index contributed by atoms with van der Waals surface area (Å²) in [4.78, 5) is 26.1. The number of benzene rings is 2. The van der Waals surface area contributed by atoms with Crippen LogP contribution in [-0.2, 0) is 16.0 Å². The molecule has 6 nitrogen and oxygen atoms in total. The van der Waals surface area contributed by atoms with E-state index in [9.17, 15) is 9.59 Å². The second-order valence-corrected chi connectivity index (χ2v) is 9.32. The lowest BCUT2D eigenvalue weighted by atomic mass is 9.97. The van der Waals surface area contributed by atoms with E-state index in [1.165, 1.54) is 11.3 Å². The molecule has 0 saturated carbocycles. The number of hydrogen-bond donors (Lipinski definition) is 2. The molecule has 1 aromatic heterocycles. The van der Waals surface area contributed by atoms with Crippen molar-refractivity contribution in [1.82, 2.24) is 15.5 Å². The number of carbonyl (C=O) groups excluding carboxylic acids is 2. The smallest absolute Gasteiger partial charge is 0.249 e. The normalized spacial score (nSPS) is 12.7. The van der Waals surface area contributed by atoms with E-state index in [0.29, 0.717) is 21.6 Å². The Morgan fingerprint density at radius 1 is 1.00 bits per heavy atom. The minimum absolute atomic E-state index is 0.0823. The van der Waals surface area contributed by atoms with Crippen molar-refractivity contribution in [2.75, 3.05) is 5.32 Å². The molecule has 0 aliphatic carbocycles. The zero-order valence-electron chi connectivity index (χ0n) is 18.9. The number of nitrogens with one attached hydrogen (secondary N) is 2. The number of rotatable bonds is 11. The van der Waals surface area contributed by atoms with Crippen LogP contribution < -0.4 is 10.6 Å². The van der Waals surface area contributed by atoms with Crippen LogP contribution in [0.25, 0.3) is 10.6 Å². The Labute approximate surface area is 203 Å². The standard InChI is InChI=1S/C25H29ClN4O2S/c1-3-5-11-18(4-2)22(31)27-21(16-17-9-7-6-8-10-17)23(32)28-25-30-29-24(33-25)19-12-14-20(26)15-13-19/h6-10,12-15,18,21H,3-5,11,16H2,1-2H3,(H,27,31)(H,28,30,32)/t18-,21-/m1/s1. The van der Waals surface area contributed by atoms with Crippen molar-refractivity contribution in [3.05, 3.63) is 65.2 Å². The Bertz CT molecular complexity index is 1040. The van der Waals surface area contributed by atoms with Crippen LogP contribution in [-0.4, -0.2) is 28.1 Å². The number of anilines is 1. The molecule has 174 valence electrons. The SMILES string of the molecule is CCCC[C@@H](CC)C(=O)N[C@H](Cc1ccccc1)C(=O)Nc1nnc(-c2ccc(Cl)cc2)s1. The lowest BCUT2D eigenvalue weighted by Gasteiger charge is -2.21. The highest BCUT2D eigenvalue weighted by Gasteiger charge is 2.26. The molecule has 0 saturated heterocycles. The van der Waals surface area contributed by atoms with Gasteiger partial charge in [0.25, 0.3) is 0 Å². The van der Waals surface area contributed by atoms with Crippen LogP contribution in [0, 0.1) is 5.92 Å². The van der Waals surface area contributed by atoms with Crippen molar-refractivity contribution in [2.24, 2.45) is 5.92 Å². The molecule has 0 radical (unpaired) electrons. The molecule has 0 aliphatic heterocycles. The average molecular weight is 485 g/mol. The first kappa shape index (κ1) is 24.9. The van der Waals surface area contributed by atoms with Crippen molar-refractivity contribution in [2.45, 2.75) is 52.0 Å². The zero-order chi connectivity index (χ0) is 23.6. The number of hydrogen-bond acceptors (Lipinski definition) is 5. The van der Waals surface area contributed by atoms with Gasteiger partial charge in [-0.25, -0.2) is 0 Å². The molecule has 1 heterocycles. The number of halogens is 1. The average Bonchev–Trinajstić information content (AvgIpc) is 3.28. The van der Waals surface area contributed by atoms with Gasteiger partial charge in [0, 0.05) is 22.9 Å². The summed E-state index contributed by atoms with van der Waals surface area (Å²) in [7, 11) is 0. The summed E-state index contributed by atoms with van der Waals surface area (Å²) < 4.78 is 0. The highest BCUT2D eigenvalue weighted by Crippen LogP contribution is 2.27. The van der Waals surface area contributed by atoms with Crippen molar-refractivity contribution in [3.63, 3.8) is 0 Å². The van der Waals surface area contributed by atoms with Gasteiger partial charge in [-0.3, -0.25) is 14.9 Å². The molecule has 8 heteroatoms. The van der Waals surface area contributed by atoms with E-state index in [1.54, 1.807) is 12.1 Å². The van der Waals surface area contributed by atoms with E-state index in [0.717, 1.165) is 36.8 Å². The Balaban J connectivity index is 1.73. The van der Waals surface area contributed by atoms with Crippen LogP contribution >= 0.6 is 22.9 Å². The van der Waals surface area contributed by atoms with Crippen LogP contribution in [0.4, 0.5) is 5.13 Å². The summed E-state index contributed by atoms with van der Waals surface area (Å²) in [5.41, 5.74) is 1.84. The van der Waals surface area contributed by atoms with Crippen LogP contribution in [0.3, 0.4) is 0 Å². The monoisotopic (exact) mass is 484 g/mol. The second kappa shape index (κ2) is 12.5. The number of unbranched alkanes of at least 4 members (excludes halogenated alkanes) is 1. The molecule has 0 fully saturated rings. The first-order valence-electron chi connectivity index (χ1n) is 11.2. The first-order chi connectivity index (χ1) is 16.0. The van der Waals surface area contributed by atoms with Crippen LogP contribution in [0.2, 0.25) is 5.02 Å². The number of amides is 2. The fraction of sp³-hybridized carbons (Fsp3) is 0.360. The van der Waals surface area contributed by atoms with Crippen LogP contribution in [0.1, 0.15) is 45.1 Å². The third kappa shape index (κ3) is 7.37. The molecule has 0 bridgehead atoms. The molecule has 0 aliphatic rings. The van der Waals surface area contributed by atoms with Gasteiger partial charge in [-0.15, -0.1) is 10.2 Å². The van der Waals surface area contributed by atoms with Gasteiger partial charge in [0.15, 0.2) is 0 Å². The molecule has 2 amide bonds. The third-order valence-corrected chi connectivity index (χ3v) is 6.57. The maximum Gasteiger partial charge on any atom is 0.249 e. The molecule has 3 aromatic rings. The van der Waals surface area contributed by atoms with E-state index >= 15 is 0 Å². The van der Waals surface area contributed by atoms with E-state index in [4.69, 9.17) is 11.6 Å². The topological polar surface area (TPSA) is 84.0 Å². The van der Waals surface area contributed by atoms with Gasteiger partial charge >= 0.3 is 0 Å². The maximum absolute atomic E-state index is 13.2. The van der Waals surface area contributed by atoms with Gasteiger partial charge < -0.3 is 5.32 Å². The van der Waals surface area contributed by atoms with Crippen LogP contribution in [0.15, 0.2) is 54.6 Å². The minimum atomic E-state index is -0.710. The van der Waals surface area contributed by atoms with Gasteiger partial charge in [-0.1, -0.05) is 92.1 Å². The molecular formula is C25H29ClN4O2S.